The van der Waals surface area contributed by atoms with Crippen LogP contribution in [0.1, 0.15) is 25.3 Å². The molecule has 0 aliphatic carbocycles. The Morgan fingerprint density at radius 1 is 1.22 bits per heavy atom. The van der Waals surface area contributed by atoms with Gasteiger partial charge in [-0.05, 0) is 18.9 Å². The molecule has 0 aromatic heterocycles. The Bertz CT molecular complexity index is 407. The lowest BCUT2D eigenvalue weighted by molar-refractivity contribution is -0.138. The van der Waals surface area contributed by atoms with Crippen LogP contribution in [0, 0.1) is 0 Å². The van der Waals surface area contributed by atoms with Crippen molar-refractivity contribution in [2.24, 2.45) is 0 Å². The number of esters is 1. The summed E-state index contributed by atoms with van der Waals surface area (Å²) in [5.41, 5.74) is 1.67. The first-order chi connectivity index (χ1) is 8.77. The quantitative estimate of drug-likeness (QED) is 0.321. The average Bonchev–Trinajstić information content (AvgIpc) is 2.39. The van der Waals surface area contributed by atoms with Crippen LogP contribution in [0.2, 0.25) is 0 Å². The van der Waals surface area contributed by atoms with Crippen molar-refractivity contribution in [3.8, 4) is 0 Å². The van der Waals surface area contributed by atoms with Crippen LogP contribution < -0.4 is 0 Å². The number of allylic oxidation sites excluding steroid dienone is 1. The van der Waals surface area contributed by atoms with Crippen LogP contribution in [-0.2, 0) is 20.7 Å². The first-order valence-electron chi connectivity index (χ1n) is 6.11. The number of aldehydes is 1. The molecule has 0 fully saturated rings. The van der Waals surface area contributed by atoms with E-state index in [1.165, 1.54) is 0 Å². The Hall–Kier alpha value is -1.90. The van der Waals surface area contributed by atoms with Gasteiger partial charge in [0.1, 0.15) is 6.29 Å². The number of carbonyl (C=O) groups excluding carboxylic acids is 2. The molecule has 3 heteroatoms. The number of ether oxygens (including phenoxy) is 1. The second kappa shape index (κ2) is 8.23. The van der Waals surface area contributed by atoms with Crippen molar-refractivity contribution in [3.05, 3.63) is 47.5 Å². The third-order valence-electron chi connectivity index (χ3n) is 2.45. The zero-order valence-electron chi connectivity index (χ0n) is 10.6. The number of rotatable bonds is 7. The van der Waals surface area contributed by atoms with Gasteiger partial charge in [-0.1, -0.05) is 36.4 Å². The number of carbonyl (C=O) groups is 2. The summed E-state index contributed by atoms with van der Waals surface area (Å²) >= 11 is 0. The molecule has 1 rings (SSSR count). The summed E-state index contributed by atoms with van der Waals surface area (Å²) in [6, 6.07) is 9.73. The van der Waals surface area contributed by atoms with Gasteiger partial charge < -0.3 is 9.53 Å². The molecule has 18 heavy (non-hydrogen) atoms. The second-order valence-electron chi connectivity index (χ2n) is 3.86. The molecular formula is C15H18O3. The molecule has 0 unspecified atom stereocenters. The monoisotopic (exact) mass is 246 g/mol. The van der Waals surface area contributed by atoms with Gasteiger partial charge in [-0.3, -0.25) is 0 Å². The highest BCUT2D eigenvalue weighted by Crippen LogP contribution is 2.11. The minimum Gasteiger partial charge on any atom is -0.463 e. The van der Waals surface area contributed by atoms with Crippen LogP contribution in [0.25, 0.3) is 0 Å². The molecule has 0 atom stereocenters. The molecule has 0 heterocycles. The van der Waals surface area contributed by atoms with E-state index >= 15 is 0 Å². The molecule has 0 saturated heterocycles. The van der Waals surface area contributed by atoms with Crippen molar-refractivity contribution in [2.45, 2.75) is 26.2 Å². The Morgan fingerprint density at radius 3 is 2.56 bits per heavy atom. The normalized spacial score (nSPS) is 11.1. The molecule has 0 N–H and O–H groups in total. The molecule has 0 aliphatic rings. The standard InChI is InChI=1S/C15H18O3/c1-2-18-15(17)14(10-6-7-11-16)12-13-8-4-3-5-9-13/h3-5,8-11H,2,6-7,12H2,1H3/b14-10-. The summed E-state index contributed by atoms with van der Waals surface area (Å²) < 4.78 is 5.01. The van der Waals surface area contributed by atoms with E-state index in [-0.39, 0.29) is 5.97 Å². The van der Waals surface area contributed by atoms with Crippen molar-refractivity contribution in [1.29, 1.82) is 0 Å². The zero-order chi connectivity index (χ0) is 13.2. The van der Waals surface area contributed by atoms with Crippen molar-refractivity contribution in [3.63, 3.8) is 0 Å². The van der Waals surface area contributed by atoms with Crippen molar-refractivity contribution >= 4 is 12.3 Å². The van der Waals surface area contributed by atoms with Gasteiger partial charge in [0.05, 0.1) is 6.61 Å². The van der Waals surface area contributed by atoms with Crippen LogP contribution in [-0.4, -0.2) is 18.9 Å². The fourth-order valence-corrected chi connectivity index (χ4v) is 1.59. The first-order valence-corrected chi connectivity index (χ1v) is 6.11. The van der Waals surface area contributed by atoms with Crippen LogP contribution in [0.4, 0.5) is 0 Å². The third kappa shape index (κ3) is 4.95. The van der Waals surface area contributed by atoms with Crippen LogP contribution >= 0.6 is 0 Å². The Morgan fingerprint density at radius 2 is 1.94 bits per heavy atom. The van der Waals surface area contributed by atoms with Gasteiger partial charge >= 0.3 is 5.97 Å². The maximum Gasteiger partial charge on any atom is 0.334 e. The zero-order valence-corrected chi connectivity index (χ0v) is 10.6. The number of benzene rings is 1. The molecule has 0 saturated carbocycles. The van der Waals surface area contributed by atoms with E-state index in [1.54, 1.807) is 13.0 Å². The first kappa shape index (κ1) is 14.2. The molecule has 0 amide bonds. The molecule has 0 spiro atoms. The molecule has 0 bridgehead atoms. The molecular weight excluding hydrogens is 228 g/mol. The molecule has 1 aromatic carbocycles. The van der Waals surface area contributed by atoms with Gasteiger partial charge in [0.15, 0.2) is 0 Å². The van der Waals surface area contributed by atoms with Gasteiger partial charge in [-0.15, -0.1) is 0 Å². The van der Waals surface area contributed by atoms with Crippen molar-refractivity contribution in [2.75, 3.05) is 6.61 Å². The number of hydrogen-bond acceptors (Lipinski definition) is 3. The number of unbranched alkanes of at least 4 members (excludes halogenated alkanes) is 1. The van der Waals surface area contributed by atoms with E-state index in [0.717, 1.165) is 11.8 Å². The summed E-state index contributed by atoms with van der Waals surface area (Å²) in [5, 5.41) is 0. The highest BCUT2D eigenvalue weighted by molar-refractivity contribution is 5.89. The lowest BCUT2D eigenvalue weighted by Gasteiger charge is -2.07. The van der Waals surface area contributed by atoms with Crippen LogP contribution in [0.15, 0.2) is 42.0 Å². The number of hydrogen-bond donors (Lipinski definition) is 0. The van der Waals surface area contributed by atoms with Crippen LogP contribution in [0.5, 0.6) is 0 Å². The topological polar surface area (TPSA) is 43.4 Å². The summed E-state index contributed by atoms with van der Waals surface area (Å²) in [4.78, 5) is 22.1. The summed E-state index contributed by atoms with van der Waals surface area (Å²) in [7, 11) is 0. The van der Waals surface area contributed by atoms with Gasteiger partial charge in [0.25, 0.3) is 0 Å². The maximum absolute atomic E-state index is 11.8. The van der Waals surface area contributed by atoms with E-state index in [4.69, 9.17) is 4.74 Å². The third-order valence-corrected chi connectivity index (χ3v) is 2.45. The summed E-state index contributed by atoms with van der Waals surface area (Å²) in [6.45, 7) is 2.14. The van der Waals surface area contributed by atoms with E-state index < -0.39 is 0 Å². The molecule has 0 aliphatic heterocycles. The van der Waals surface area contributed by atoms with Gasteiger partial charge in [-0.25, -0.2) is 4.79 Å². The predicted molar refractivity (Wildman–Crippen MR) is 70.2 cm³/mol. The molecule has 1 aromatic rings. The highest BCUT2D eigenvalue weighted by atomic mass is 16.5. The van der Waals surface area contributed by atoms with E-state index in [1.807, 2.05) is 30.3 Å². The van der Waals surface area contributed by atoms with Gasteiger partial charge in [-0.2, -0.15) is 0 Å². The molecule has 3 nitrogen and oxygen atoms in total. The molecule has 96 valence electrons. The lowest BCUT2D eigenvalue weighted by atomic mass is 10.0. The van der Waals surface area contributed by atoms with Crippen LogP contribution in [0.3, 0.4) is 0 Å². The average molecular weight is 246 g/mol. The Labute approximate surface area is 107 Å². The molecule has 0 radical (unpaired) electrons. The minimum absolute atomic E-state index is 0.299. The lowest BCUT2D eigenvalue weighted by Crippen LogP contribution is -2.10. The summed E-state index contributed by atoms with van der Waals surface area (Å²) in [5.74, 6) is -0.299. The van der Waals surface area contributed by atoms with E-state index in [9.17, 15) is 9.59 Å². The smallest absolute Gasteiger partial charge is 0.334 e. The second-order valence-corrected chi connectivity index (χ2v) is 3.86. The fraction of sp³-hybridized carbons (Fsp3) is 0.333. The largest absolute Gasteiger partial charge is 0.463 e. The van der Waals surface area contributed by atoms with Gasteiger partial charge in [0, 0.05) is 18.4 Å². The SMILES string of the molecule is CCOC(=O)/C(=C\CCC=O)Cc1ccccc1. The van der Waals surface area contributed by atoms with Crippen molar-refractivity contribution in [1.82, 2.24) is 0 Å². The van der Waals surface area contributed by atoms with E-state index in [2.05, 4.69) is 0 Å². The van der Waals surface area contributed by atoms with Gasteiger partial charge in [0.2, 0.25) is 0 Å². The minimum atomic E-state index is -0.299. The Kier molecular flexibility index (Phi) is 6.47. The Balaban J connectivity index is 2.74. The fourth-order valence-electron chi connectivity index (χ4n) is 1.59. The van der Waals surface area contributed by atoms with Crippen molar-refractivity contribution < 1.29 is 14.3 Å². The maximum atomic E-state index is 11.8. The highest BCUT2D eigenvalue weighted by Gasteiger charge is 2.10. The summed E-state index contributed by atoms with van der Waals surface area (Å²) in [6.07, 6.45) is 4.18. The van der Waals surface area contributed by atoms with E-state index in [0.29, 0.717) is 31.4 Å². The predicted octanol–water partition coefficient (Wildman–Crippen LogP) is 2.70.